The minimum atomic E-state index is 0.0501. The minimum Gasteiger partial charge on any atom is -0.349 e. The smallest absolute Gasteiger partial charge is 0.220 e. The largest absolute Gasteiger partial charge is 0.349 e. The molecule has 0 aliphatic rings. The Morgan fingerprint density at radius 1 is 1.38 bits per heavy atom. The number of nitrogens with one attached hydrogen (secondary N) is 1. The van der Waals surface area contributed by atoms with E-state index in [1.165, 1.54) is 4.88 Å². The van der Waals surface area contributed by atoms with Crippen molar-refractivity contribution in [3.63, 3.8) is 0 Å². The SMILES string of the molecule is Cc1cc2nc(C)c(CCC(=O)N[C@H](C)c3cccs3)c(C)n2n1. The van der Waals surface area contributed by atoms with Crippen molar-refractivity contribution in [1.82, 2.24) is 19.9 Å². The van der Waals surface area contributed by atoms with Crippen molar-refractivity contribution in [1.29, 1.82) is 0 Å². The van der Waals surface area contributed by atoms with Crippen molar-refractivity contribution in [3.8, 4) is 0 Å². The summed E-state index contributed by atoms with van der Waals surface area (Å²) in [6.45, 7) is 8.01. The summed E-state index contributed by atoms with van der Waals surface area (Å²) in [7, 11) is 0. The molecule has 3 aromatic heterocycles. The number of rotatable bonds is 5. The van der Waals surface area contributed by atoms with Crippen LogP contribution in [0.1, 0.15) is 46.9 Å². The Morgan fingerprint density at radius 2 is 2.17 bits per heavy atom. The van der Waals surface area contributed by atoms with Crippen LogP contribution in [0.3, 0.4) is 0 Å². The summed E-state index contributed by atoms with van der Waals surface area (Å²) in [5.41, 5.74) is 4.94. The summed E-state index contributed by atoms with van der Waals surface area (Å²) in [6, 6.07) is 6.07. The maximum Gasteiger partial charge on any atom is 0.220 e. The molecular formula is C18H22N4OS. The quantitative estimate of drug-likeness (QED) is 0.772. The average Bonchev–Trinajstić information content (AvgIpc) is 3.16. The first-order chi connectivity index (χ1) is 11.5. The van der Waals surface area contributed by atoms with Crippen molar-refractivity contribution in [2.24, 2.45) is 0 Å². The van der Waals surface area contributed by atoms with Gasteiger partial charge in [-0.05, 0) is 51.1 Å². The highest BCUT2D eigenvalue weighted by Crippen LogP contribution is 2.19. The highest BCUT2D eigenvalue weighted by atomic mass is 32.1. The molecule has 3 aromatic rings. The van der Waals surface area contributed by atoms with Gasteiger partial charge in [0.25, 0.3) is 0 Å². The van der Waals surface area contributed by atoms with Gasteiger partial charge in [0.15, 0.2) is 5.65 Å². The fourth-order valence-corrected chi connectivity index (χ4v) is 3.70. The van der Waals surface area contributed by atoms with Gasteiger partial charge in [-0.3, -0.25) is 4.79 Å². The van der Waals surface area contributed by atoms with Crippen molar-refractivity contribution in [2.45, 2.75) is 46.6 Å². The number of carbonyl (C=O) groups is 1. The number of aromatic nitrogens is 3. The molecule has 0 fully saturated rings. The number of fused-ring (bicyclic) bond motifs is 1. The molecule has 1 amide bonds. The summed E-state index contributed by atoms with van der Waals surface area (Å²) in [5, 5.41) is 9.57. The molecule has 0 spiro atoms. The summed E-state index contributed by atoms with van der Waals surface area (Å²) >= 11 is 1.66. The Morgan fingerprint density at radius 3 is 2.88 bits per heavy atom. The number of carbonyl (C=O) groups excluding carboxylic acids is 1. The lowest BCUT2D eigenvalue weighted by molar-refractivity contribution is -0.121. The van der Waals surface area contributed by atoms with E-state index >= 15 is 0 Å². The standard InChI is InChI=1S/C18H22N4OS/c1-11-10-17-19-12(2)15(14(4)22(17)21-11)7-8-18(23)20-13(3)16-6-5-9-24-16/h5-6,9-10,13H,7-8H2,1-4H3,(H,20,23)/t13-/m1/s1. The monoisotopic (exact) mass is 342 g/mol. The number of aryl methyl sites for hydroxylation is 3. The van der Waals surface area contributed by atoms with Gasteiger partial charge in [0.05, 0.1) is 11.7 Å². The molecule has 0 aromatic carbocycles. The minimum absolute atomic E-state index is 0.0501. The molecule has 0 unspecified atom stereocenters. The Kier molecular flexibility index (Phi) is 4.66. The lowest BCUT2D eigenvalue weighted by Crippen LogP contribution is -2.26. The second-order valence-electron chi connectivity index (χ2n) is 6.12. The van der Waals surface area contributed by atoms with Crippen molar-refractivity contribution >= 4 is 22.9 Å². The van der Waals surface area contributed by atoms with Crippen LogP contribution in [0, 0.1) is 20.8 Å². The summed E-state index contributed by atoms with van der Waals surface area (Å²) in [4.78, 5) is 18.0. The predicted molar refractivity (Wildman–Crippen MR) is 96.4 cm³/mol. The van der Waals surface area contributed by atoms with E-state index in [9.17, 15) is 4.79 Å². The maximum atomic E-state index is 12.3. The van der Waals surface area contributed by atoms with Gasteiger partial charge in [-0.1, -0.05) is 6.07 Å². The molecule has 1 atom stereocenters. The fourth-order valence-electron chi connectivity index (χ4n) is 2.96. The van der Waals surface area contributed by atoms with Crippen LogP contribution in [-0.4, -0.2) is 20.5 Å². The summed E-state index contributed by atoms with van der Waals surface area (Å²) < 4.78 is 1.86. The second-order valence-corrected chi connectivity index (χ2v) is 7.10. The molecule has 126 valence electrons. The molecule has 1 N–H and O–H groups in total. The van der Waals surface area contributed by atoms with Gasteiger partial charge in [0.2, 0.25) is 5.91 Å². The normalized spacial score (nSPS) is 12.5. The number of amides is 1. The van der Waals surface area contributed by atoms with Gasteiger partial charge in [-0.2, -0.15) is 5.10 Å². The lowest BCUT2D eigenvalue weighted by atomic mass is 10.1. The molecule has 6 heteroatoms. The van der Waals surface area contributed by atoms with E-state index in [2.05, 4.69) is 15.4 Å². The molecule has 3 heterocycles. The zero-order chi connectivity index (χ0) is 17.3. The van der Waals surface area contributed by atoms with E-state index in [0.717, 1.165) is 28.3 Å². The van der Waals surface area contributed by atoms with Crippen molar-refractivity contribution in [3.05, 3.63) is 51.1 Å². The first-order valence-electron chi connectivity index (χ1n) is 8.11. The van der Waals surface area contributed by atoms with Crippen molar-refractivity contribution < 1.29 is 4.79 Å². The van der Waals surface area contributed by atoms with E-state index in [1.807, 2.05) is 55.8 Å². The zero-order valence-corrected chi connectivity index (χ0v) is 15.3. The average molecular weight is 342 g/mol. The summed E-state index contributed by atoms with van der Waals surface area (Å²) in [6.07, 6.45) is 1.12. The number of nitrogens with zero attached hydrogens (tertiary/aromatic N) is 3. The fraction of sp³-hybridized carbons (Fsp3) is 0.389. The maximum absolute atomic E-state index is 12.3. The van der Waals surface area contributed by atoms with Crippen LogP contribution in [0.5, 0.6) is 0 Å². The predicted octanol–water partition coefficient (Wildman–Crippen LogP) is 3.53. The Bertz CT molecular complexity index is 867. The van der Waals surface area contributed by atoms with Crippen LogP contribution >= 0.6 is 11.3 Å². The molecule has 0 saturated heterocycles. The van der Waals surface area contributed by atoms with Crippen LogP contribution < -0.4 is 5.32 Å². The highest BCUT2D eigenvalue weighted by Gasteiger charge is 2.14. The number of hydrogen-bond acceptors (Lipinski definition) is 4. The van der Waals surface area contributed by atoms with E-state index < -0.39 is 0 Å². The molecule has 0 saturated carbocycles. The van der Waals surface area contributed by atoms with Crippen LogP contribution in [0.25, 0.3) is 5.65 Å². The number of hydrogen-bond donors (Lipinski definition) is 1. The molecule has 5 nitrogen and oxygen atoms in total. The first-order valence-corrected chi connectivity index (χ1v) is 8.99. The van der Waals surface area contributed by atoms with Crippen LogP contribution in [0.15, 0.2) is 23.6 Å². The molecule has 3 rings (SSSR count). The Hall–Kier alpha value is -2.21. The van der Waals surface area contributed by atoms with E-state index in [1.54, 1.807) is 11.3 Å². The third kappa shape index (κ3) is 3.33. The molecular weight excluding hydrogens is 320 g/mol. The van der Waals surface area contributed by atoms with Gasteiger partial charge < -0.3 is 5.32 Å². The molecule has 0 aliphatic heterocycles. The van der Waals surface area contributed by atoms with Crippen LogP contribution in [0.2, 0.25) is 0 Å². The van der Waals surface area contributed by atoms with E-state index in [-0.39, 0.29) is 11.9 Å². The lowest BCUT2D eigenvalue weighted by Gasteiger charge is -2.14. The van der Waals surface area contributed by atoms with E-state index in [4.69, 9.17) is 0 Å². The van der Waals surface area contributed by atoms with Gasteiger partial charge >= 0.3 is 0 Å². The highest BCUT2D eigenvalue weighted by molar-refractivity contribution is 7.10. The van der Waals surface area contributed by atoms with Crippen LogP contribution in [-0.2, 0) is 11.2 Å². The van der Waals surface area contributed by atoms with Gasteiger partial charge in [0, 0.05) is 28.8 Å². The van der Waals surface area contributed by atoms with Gasteiger partial charge in [0.1, 0.15) is 0 Å². The summed E-state index contributed by atoms with van der Waals surface area (Å²) in [5.74, 6) is 0.0615. The molecule has 0 aliphatic carbocycles. The first kappa shape index (κ1) is 16.6. The third-order valence-electron chi connectivity index (χ3n) is 4.24. The zero-order valence-electron chi connectivity index (χ0n) is 14.5. The van der Waals surface area contributed by atoms with Crippen molar-refractivity contribution in [2.75, 3.05) is 0 Å². The molecule has 24 heavy (non-hydrogen) atoms. The van der Waals surface area contributed by atoms with E-state index in [0.29, 0.717) is 12.8 Å². The second kappa shape index (κ2) is 6.73. The Labute approximate surface area is 145 Å². The topological polar surface area (TPSA) is 59.3 Å². The number of thiophene rings is 1. The Balaban J connectivity index is 1.70. The van der Waals surface area contributed by atoms with Crippen LogP contribution in [0.4, 0.5) is 0 Å². The van der Waals surface area contributed by atoms with Gasteiger partial charge in [-0.15, -0.1) is 11.3 Å². The van der Waals surface area contributed by atoms with Gasteiger partial charge in [-0.25, -0.2) is 9.50 Å². The molecule has 0 radical (unpaired) electrons. The molecule has 0 bridgehead atoms. The third-order valence-corrected chi connectivity index (χ3v) is 5.29.